The van der Waals surface area contributed by atoms with Crippen molar-refractivity contribution in [2.24, 2.45) is 0 Å². The number of fused-ring (bicyclic) bond motifs is 1. The molecule has 0 aliphatic carbocycles. The van der Waals surface area contributed by atoms with Crippen molar-refractivity contribution >= 4 is 34.1 Å². The van der Waals surface area contributed by atoms with Crippen LogP contribution in [0.15, 0.2) is 35.1 Å². The average Bonchev–Trinajstić information content (AvgIpc) is 2.44. The summed E-state index contributed by atoms with van der Waals surface area (Å²) in [7, 11) is 0. The van der Waals surface area contributed by atoms with Gasteiger partial charge in [0.2, 0.25) is 0 Å². The highest BCUT2D eigenvalue weighted by atomic mass is 35.5. The lowest BCUT2D eigenvalue weighted by Gasteiger charge is -2.15. The molecule has 0 amide bonds. The average molecular weight is 347 g/mol. The van der Waals surface area contributed by atoms with Crippen LogP contribution in [-0.4, -0.2) is 9.97 Å². The number of hydrogen-bond acceptors (Lipinski definition) is 2. The third kappa shape index (κ3) is 3.12. The number of H-pyrrole nitrogens is 1. The van der Waals surface area contributed by atoms with Crippen molar-refractivity contribution in [1.82, 2.24) is 9.97 Å². The zero-order chi connectivity index (χ0) is 16.7. The number of rotatable bonds is 2. The zero-order valence-electron chi connectivity index (χ0n) is 13.1. The quantitative estimate of drug-likeness (QED) is 0.681. The summed E-state index contributed by atoms with van der Waals surface area (Å²) < 4.78 is 0. The molecule has 0 aliphatic rings. The maximum absolute atomic E-state index is 12.3. The first-order valence-corrected chi connectivity index (χ1v) is 8.12. The lowest BCUT2D eigenvalue weighted by Crippen LogP contribution is -2.10. The number of benzene rings is 2. The predicted molar refractivity (Wildman–Crippen MR) is 96.6 cm³/mol. The Morgan fingerprint density at radius 1 is 1.04 bits per heavy atom. The first-order valence-electron chi connectivity index (χ1n) is 7.36. The van der Waals surface area contributed by atoms with E-state index in [0.717, 1.165) is 16.7 Å². The minimum absolute atomic E-state index is 0.141. The summed E-state index contributed by atoms with van der Waals surface area (Å²) in [5.74, 6) is 0.879. The Bertz CT molecular complexity index is 941. The normalized spacial score (nSPS) is 11.4. The van der Waals surface area contributed by atoms with E-state index in [1.54, 1.807) is 13.0 Å². The number of aromatic amines is 1. The van der Waals surface area contributed by atoms with Gasteiger partial charge in [0.05, 0.1) is 10.9 Å². The second-order valence-electron chi connectivity index (χ2n) is 5.92. The molecule has 0 aliphatic heterocycles. The summed E-state index contributed by atoms with van der Waals surface area (Å²) in [6, 6.07) is 9.26. The third-order valence-corrected chi connectivity index (χ3v) is 4.23. The molecule has 23 heavy (non-hydrogen) atoms. The van der Waals surface area contributed by atoms with Crippen molar-refractivity contribution in [2.75, 3.05) is 0 Å². The molecular formula is C18H16Cl2N2O. The largest absolute Gasteiger partial charge is 0.310 e. The smallest absolute Gasteiger partial charge is 0.258 e. The molecule has 118 valence electrons. The monoisotopic (exact) mass is 346 g/mol. The van der Waals surface area contributed by atoms with Crippen molar-refractivity contribution in [2.45, 2.75) is 26.7 Å². The molecule has 0 bridgehead atoms. The molecule has 0 spiro atoms. The molecule has 0 atom stereocenters. The van der Waals surface area contributed by atoms with Gasteiger partial charge in [-0.2, -0.15) is 0 Å². The summed E-state index contributed by atoms with van der Waals surface area (Å²) >= 11 is 12.3. The van der Waals surface area contributed by atoms with E-state index in [2.05, 4.69) is 23.8 Å². The van der Waals surface area contributed by atoms with E-state index in [4.69, 9.17) is 23.2 Å². The predicted octanol–water partition coefficient (Wildman–Crippen LogP) is 5.33. The topological polar surface area (TPSA) is 45.8 Å². The van der Waals surface area contributed by atoms with Crippen LogP contribution < -0.4 is 5.56 Å². The number of nitrogens with zero attached hydrogens (tertiary/aromatic N) is 1. The molecule has 3 aromatic rings. The zero-order valence-corrected chi connectivity index (χ0v) is 14.6. The Labute approximate surface area is 144 Å². The van der Waals surface area contributed by atoms with Gasteiger partial charge in [-0.05, 0) is 59.9 Å². The van der Waals surface area contributed by atoms with Crippen molar-refractivity contribution in [1.29, 1.82) is 0 Å². The molecule has 0 unspecified atom stereocenters. The van der Waals surface area contributed by atoms with Crippen molar-refractivity contribution < 1.29 is 0 Å². The van der Waals surface area contributed by atoms with Crippen molar-refractivity contribution in [3.05, 3.63) is 62.1 Å². The van der Waals surface area contributed by atoms with Gasteiger partial charge in [-0.25, -0.2) is 4.98 Å². The molecule has 0 saturated carbocycles. The summed E-state index contributed by atoms with van der Waals surface area (Å²) in [5.41, 5.74) is 3.51. The van der Waals surface area contributed by atoms with Gasteiger partial charge in [-0.3, -0.25) is 4.79 Å². The van der Waals surface area contributed by atoms with Crippen LogP contribution in [0.2, 0.25) is 10.0 Å². The molecule has 5 heteroatoms. The van der Waals surface area contributed by atoms with E-state index in [1.165, 1.54) is 0 Å². The van der Waals surface area contributed by atoms with Gasteiger partial charge in [0.25, 0.3) is 5.56 Å². The van der Waals surface area contributed by atoms with Gasteiger partial charge < -0.3 is 4.98 Å². The molecule has 0 saturated heterocycles. The van der Waals surface area contributed by atoms with Crippen molar-refractivity contribution in [3.63, 3.8) is 0 Å². The second kappa shape index (κ2) is 5.99. The van der Waals surface area contributed by atoms with Gasteiger partial charge in [0, 0.05) is 10.0 Å². The SMILES string of the molecule is Cc1nc2cc(C(C)C)c(-c3cc(Cl)cc(Cl)c3)cc2c(=O)[nH]1. The van der Waals surface area contributed by atoms with Gasteiger partial charge in [0.15, 0.2) is 0 Å². The molecule has 3 rings (SSSR count). The molecule has 2 aromatic carbocycles. The molecule has 1 aromatic heterocycles. The lowest BCUT2D eigenvalue weighted by molar-refractivity contribution is 0.869. The Kier molecular flexibility index (Phi) is 4.17. The van der Waals surface area contributed by atoms with Gasteiger partial charge >= 0.3 is 0 Å². The highest BCUT2D eigenvalue weighted by Gasteiger charge is 2.14. The maximum Gasteiger partial charge on any atom is 0.258 e. The fraction of sp³-hybridized carbons (Fsp3) is 0.222. The number of aryl methyl sites for hydroxylation is 1. The van der Waals surface area contributed by atoms with Crippen LogP contribution in [0.25, 0.3) is 22.0 Å². The van der Waals surface area contributed by atoms with Gasteiger partial charge in [-0.1, -0.05) is 37.0 Å². The molecule has 0 fully saturated rings. The van der Waals surface area contributed by atoms with Gasteiger partial charge in [0.1, 0.15) is 5.82 Å². The van der Waals surface area contributed by atoms with Crippen molar-refractivity contribution in [3.8, 4) is 11.1 Å². The van der Waals surface area contributed by atoms with Crippen LogP contribution in [0.1, 0.15) is 31.2 Å². The first kappa shape index (κ1) is 16.0. The summed E-state index contributed by atoms with van der Waals surface area (Å²) in [5, 5.41) is 1.70. The van der Waals surface area contributed by atoms with Crippen LogP contribution >= 0.6 is 23.2 Å². The van der Waals surface area contributed by atoms with E-state index in [-0.39, 0.29) is 11.5 Å². The number of halogens is 2. The molecule has 0 radical (unpaired) electrons. The molecule has 1 N–H and O–H groups in total. The van der Waals surface area contributed by atoms with Gasteiger partial charge in [-0.15, -0.1) is 0 Å². The maximum atomic E-state index is 12.3. The molecule has 3 nitrogen and oxygen atoms in total. The first-order chi connectivity index (χ1) is 10.8. The van der Waals surface area contributed by atoms with E-state index in [0.29, 0.717) is 26.8 Å². The number of hydrogen-bond donors (Lipinski definition) is 1. The lowest BCUT2D eigenvalue weighted by atomic mass is 9.91. The Morgan fingerprint density at radius 3 is 2.30 bits per heavy atom. The van der Waals surface area contributed by atoms with Crippen LogP contribution in [0.4, 0.5) is 0 Å². The van der Waals surface area contributed by atoms with E-state index in [9.17, 15) is 4.79 Å². The Hall–Kier alpha value is -1.84. The fourth-order valence-electron chi connectivity index (χ4n) is 2.76. The van der Waals surface area contributed by atoms with Crippen LogP contribution in [0.5, 0.6) is 0 Å². The Balaban J connectivity index is 2.38. The Morgan fingerprint density at radius 2 is 1.70 bits per heavy atom. The van der Waals surface area contributed by atoms with E-state index < -0.39 is 0 Å². The van der Waals surface area contributed by atoms with Crippen LogP contribution in [0.3, 0.4) is 0 Å². The van der Waals surface area contributed by atoms with E-state index in [1.807, 2.05) is 24.3 Å². The van der Waals surface area contributed by atoms with Crippen LogP contribution in [0, 0.1) is 6.92 Å². The fourth-order valence-corrected chi connectivity index (χ4v) is 3.28. The minimum Gasteiger partial charge on any atom is -0.310 e. The van der Waals surface area contributed by atoms with Crippen LogP contribution in [-0.2, 0) is 0 Å². The minimum atomic E-state index is -0.141. The molecule has 1 heterocycles. The van der Waals surface area contributed by atoms with E-state index >= 15 is 0 Å². The summed E-state index contributed by atoms with van der Waals surface area (Å²) in [4.78, 5) is 19.4. The summed E-state index contributed by atoms with van der Waals surface area (Å²) in [6.07, 6.45) is 0. The number of aromatic nitrogens is 2. The highest BCUT2D eigenvalue weighted by Crippen LogP contribution is 2.34. The highest BCUT2D eigenvalue weighted by molar-refractivity contribution is 6.35. The third-order valence-electron chi connectivity index (χ3n) is 3.79. The summed E-state index contributed by atoms with van der Waals surface area (Å²) in [6.45, 7) is 5.99. The second-order valence-corrected chi connectivity index (χ2v) is 6.79. The standard InChI is InChI=1S/C18H16Cl2N2O/c1-9(2)14-8-17-16(18(23)22-10(3)21-17)7-15(14)11-4-12(19)6-13(20)5-11/h4-9H,1-3H3,(H,21,22,23). The number of nitrogens with one attached hydrogen (secondary N) is 1. The molecular weight excluding hydrogens is 331 g/mol.